The second kappa shape index (κ2) is 5.17. The monoisotopic (exact) mass is 267 g/mol. The molecule has 0 aromatic carbocycles. The quantitative estimate of drug-likeness (QED) is 0.748. The first kappa shape index (κ1) is 12.6. The van der Waals surface area contributed by atoms with Crippen molar-refractivity contribution >= 4 is 35.6 Å². The van der Waals surface area contributed by atoms with Crippen LogP contribution >= 0.6 is 11.8 Å². The van der Waals surface area contributed by atoms with Crippen molar-refractivity contribution in [3.63, 3.8) is 0 Å². The number of carbonyl (C=O) groups excluding carboxylic acids is 1. The summed E-state index contributed by atoms with van der Waals surface area (Å²) in [5.74, 6) is 0.0278. The van der Waals surface area contributed by atoms with E-state index in [-0.39, 0.29) is 12.5 Å². The molecular weight excluding hydrogens is 256 g/mol. The molecule has 1 aromatic heterocycles. The third kappa shape index (κ3) is 2.50. The molecule has 1 aromatic rings. The van der Waals surface area contributed by atoms with Crippen LogP contribution in [-0.4, -0.2) is 46.2 Å². The lowest BCUT2D eigenvalue weighted by atomic mass is 10.6. The Hall–Kier alpha value is -1.90. The van der Waals surface area contributed by atoms with Crippen LogP contribution in [0.5, 0.6) is 0 Å². The molecule has 0 unspecified atom stereocenters. The number of aliphatic imine (C=N–C) groups is 1. The van der Waals surface area contributed by atoms with Gasteiger partial charge in [-0.15, -0.1) is 0 Å². The first-order valence-electron chi connectivity index (χ1n) is 5.24. The number of urea groups is 1. The summed E-state index contributed by atoms with van der Waals surface area (Å²) < 4.78 is 0. The molecule has 18 heavy (non-hydrogen) atoms. The standard InChI is InChI=1S/C9H12N6O2S/c1-3-10-6-12-7(14-8(13-6)18-2)15-4-5(16)11-9(15)17/h3-4H2,1-2H3,(H,11,16,17)(H,10,12,13,14)/p-1. The highest BCUT2D eigenvalue weighted by molar-refractivity contribution is 7.98. The summed E-state index contributed by atoms with van der Waals surface area (Å²) in [4.78, 5) is 28.2. The number of amides is 2. The third-order valence-electron chi connectivity index (χ3n) is 2.11. The van der Waals surface area contributed by atoms with Crippen molar-refractivity contribution in [2.24, 2.45) is 4.99 Å². The summed E-state index contributed by atoms with van der Waals surface area (Å²) in [5, 5.41) is 14.5. The van der Waals surface area contributed by atoms with E-state index in [1.807, 2.05) is 13.2 Å². The normalized spacial score (nSPS) is 14.9. The number of aromatic nitrogens is 3. The Bertz CT molecular complexity index is 506. The first-order valence-corrected chi connectivity index (χ1v) is 6.46. The molecule has 1 N–H and O–H groups in total. The van der Waals surface area contributed by atoms with E-state index in [1.165, 1.54) is 11.8 Å². The van der Waals surface area contributed by atoms with Crippen molar-refractivity contribution < 1.29 is 9.90 Å². The molecule has 2 rings (SSSR count). The zero-order valence-corrected chi connectivity index (χ0v) is 10.7. The van der Waals surface area contributed by atoms with Crippen molar-refractivity contribution in [2.45, 2.75) is 12.1 Å². The fourth-order valence-corrected chi connectivity index (χ4v) is 1.71. The SMILES string of the molecule is CCNc1nc(SC)nc(N2CC([O-])=NC2=O)n1. The number of hydrogen-bond acceptors (Lipinski definition) is 7. The highest BCUT2D eigenvalue weighted by Gasteiger charge is 2.24. The van der Waals surface area contributed by atoms with E-state index >= 15 is 0 Å². The van der Waals surface area contributed by atoms with Crippen LogP contribution in [0.4, 0.5) is 16.7 Å². The summed E-state index contributed by atoms with van der Waals surface area (Å²) in [6.45, 7) is 2.43. The van der Waals surface area contributed by atoms with Crippen LogP contribution in [0.25, 0.3) is 0 Å². The molecule has 2 heterocycles. The largest absolute Gasteiger partial charge is 0.860 e. The lowest BCUT2D eigenvalue weighted by Gasteiger charge is -2.15. The van der Waals surface area contributed by atoms with Gasteiger partial charge in [-0.25, -0.2) is 9.79 Å². The number of rotatable bonds is 4. The van der Waals surface area contributed by atoms with Crippen LogP contribution in [0.2, 0.25) is 0 Å². The van der Waals surface area contributed by atoms with Crippen molar-refractivity contribution in [1.82, 2.24) is 15.0 Å². The van der Waals surface area contributed by atoms with Crippen molar-refractivity contribution in [2.75, 3.05) is 29.6 Å². The zero-order chi connectivity index (χ0) is 13.1. The lowest BCUT2D eigenvalue weighted by molar-refractivity contribution is -0.215. The molecule has 0 saturated heterocycles. The zero-order valence-electron chi connectivity index (χ0n) is 9.88. The molecule has 0 spiro atoms. The molecule has 0 aliphatic carbocycles. The van der Waals surface area contributed by atoms with Gasteiger partial charge in [0.05, 0.1) is 6.54 Å². The van der Waals surface area contributed by atoms with Crippen LogP contribution in [0.3, 0.4) is 0 Å². The molecule has 0 radical (unpaired) electrons. The van der Waals surface area contributed by atoms with Crippen LogP contribution in [0, 0.1) is 0 Å². The number of nitrogens with zero attached hydrogens (tertiary/aromatic N) is 5. The number of nitrogens with one attached hydrogen (secondary N) is 1. The number of carbonyl (C=O) groups is 1. The number of thioether (sulfide) groups is 1. The molecule has 0 fully saturated rings. The summed E-state index contributed by atoms with van der Waals surface area (Å²) in [7, 11) is 0. The Morgan fingerprint density at radius 2 is 2.22 bits per heavy atom. The Kier molecular flexibility index (Phi) is 3.60. The Balaban J connectivity index is 2.32. The second-order valence-electron chi connectivity index (χ2n) is 3.35. The maximum Gasteiger partial charge on any atom is 0.349 e. The maximum atomic E-state index is 11.5. The summed E-state index contributed by atoms with van der Waals surface area (Å²) in [6, 6.07) is -0.638. The summed E-state index contributed by atoms with van der Waals surface area (Å²) >= 11 is 1.33. The second-order valence-corrected chi connectivity index (χ2v) is 4.12. The summed E-state index contributed by atoms with van der Waals surface area (Å²) in [5.41, 5.74) is 0. The van der Waals surface area contributed by atoms with E-state index in [0.29, 0.717) is 17.6 Å². The Morgan fingerprint density at radius 3 is 2.78 bits per heavy atom. The van der Waals surface area contributed by atoms with Gasteiger partial charge in [0.1, 0.15) is 0 Å². The van der Waals surface area contributed by atoms with Gasteiger partial charge in [0, 0.05) is 6.54 Å². The average molecular weight is 267 g/mol. The third-order valence-corrected chi connectivity index (χ3v) is 2.65. The predicted octanol–water partition coefficient (Wildman–Crippen LogP) is -0.276. The molecule has 2 amide bonds. The minimum absolute atomic E-state index is 0.123. The molecule has 1 aliphatic heterocycles. The van der Waals surface area contributed by atoms with Gasteiger partial charge in [0.25, 0.3) is 0 Å². The van der Waals surface area contributed by atoms with E-state index < -0.39 is 11.9 Å². The van der Waals surface area contributed by atoms with Crippen LogP contribution in [0.1, 0.15) is 6.92 Å². The van der Waals surface area contributed by atoms with Crippen molar-refractivity contribution in [3.05, 3.63) is 0 Å². The van der Waals surface area contributed by atoms with Gasteiger partial charge >= 0.3 is 6.03 Å². The van der Waals surface area contributed by atoms with Gasteiger partial charge < -0.3 is 10.4 Å². The van der Waals surface area contributed by atoms with Gasteiger partial charge in [-0.2, -0.15) is 15.0 Å². The van der Waals surface area contributed by atoms with Crippen LogP contribution < -0.4 is 15.3 Å². The van der Waals surface area contributed by atoms with Crippen LogP contribution in [0.15, 0.2) is 10.1 Å². The van der Waals surface area contributed by atoms with Crippen LogP contribution in [-0.2, 0) is 0 Å². The highest BCUT2D eigenvalue weighted by Crippen LogP contribution is 2.18. The predicted molar refractivity (Wildman–Crippen MR) is 65.9 cm³/mol. The minimum Gasteiger partial charge on any atom is -0.860 e. The topological polar surface area (TPSA) is 106 Å². The van der Waals surface area contributed by atoms with E-state index in [2.05, 4.69) is 25.3 Å². The fourth-order valence-electron chi connectivity index (χ4n) is 1.36. The molecule has 1 aliphatic rings. The Labute approximate surface area is 108 Å². The van der Waals surface area contributed by atoms with Gasteiger partial charge in [0.2, 0.25) is 11.9 Å². The van der Waals surface area contributed by atoms with E-state index in [4.69, 9.17) is 0 Å². The molecule has 96 valence electrons. The minimum atomic E-state index is -0.638. The van der Waals surface area contributed by atoms with Crippen molar-refractivity contribution in [3.8, 4) is 0 Å². The molecule has 8 nitrogen and oxygen atoms in total. The van der Waals surface area contributed by atoms with Gasteiger partial charge in [-0.05, 0) is 19.1 Å². The Morgan fingerprint density at radius 1 is 1.44 bits per heavy atom. The number of anilines is 2. The molecule has 0 atom stereocenters. The lowest BCUT2D eigenvalue weighted by Crippen LogP contribution is -2.32. The molecule has 0 saturated carbocycles. The highest BCUT2D eigenvalue weighted by atomic mass is 32.2. The van der Waals surface area contributed by atoms with Gasteiger partial charge in [0.15, 0.2) is 5.16 Å². The van der Waals surface area contributed by atoms with Gasteiger partial charge in [-0.1, -0.05) is 11.8 Å². The van der Waals surface area contributed by atoms with Gasteiger partial charge in [-0.3, -0.25) is 4.90 Å². The van der Waals surface area contributed by atoms with Crippen molar-refractivity contribution in [1.29, 1.82) is 0 Å². The molecule has 0 bridgehead atoms. The molecular formula is C9H11N6O2S-. The van der Waals surface area contributed by atoms with E-state index in [9.17, 15) is 9.90 Å². The molecule has 9 heteroatoms. The number of hydrogen-bond donors (Lipinski definition) is 1. The maximum absolute atomic E-state index is 11.5. The smallest absolute Gasteiger partial charge is 0.349 e. The van der Waals surface area contributed by atoms with E-state index in [0.717, 1.165) is 4.90 Å². The fraction of sp³-hybridized carbons (Fsp3) is 0.444. The average Bonchev–Trinajstić information content (AvgIpc) is 2.68. The van der Waals surface area contributed by atoms with E-state index in [1.54, 1.807) is 0 Å². The summed E-state index contributed by atoms with van der Waals surface area (Å²) in [6.07, 6.45) is 1.82. The first-order chi connectivity index (χ1) is 8.63.